The Morgan fingerprint density at radius 1 is 1.75 bits per heavy atom. The Hall–Kier alpha value is 0.548. The van der Waals surface area contributed by atoms with Gasteiger partial charge < -0.3 is 0 Å². The van der Waals surface area contributed by atoms with Gasteiger partial charge >= 0.3 is 35.2 Å². The van der Waals surface area contributed by atoms with Crippen LogP contribution >= 0.6 is 0 Å². The summed E-state index contributed by atoms with van der Waals surface area (Å²) in [5.74, 6) is 0. The first-order chi connectivity index (χ1) is 1.91. The van der Waals surface area contributed by atoms with Crippen LogP contribution in [-0.2, 0) is 7.52 Å². The van der Waals surface area contributed by atoms with Crippen LogP contribution in [-0.4, -0.2) is 27.7 Å². The predicted molar refractivity (Wildman–Crippen MR) is 12.9 cm³/mol. The van der Waals surface area contributed by atoms with Crippen molar-refractivity contribution < 1.29 is 7.52 Å². The van der Waals surface area contributed by atoms with Gasteiger partial charge in [-0.25, -0.2) is 0 Å². The molecule has 0 saturated carbocycles. The maximum atomic E-state index is 9.11. The number of hydrogen-bond donors (Lipinski definition) is 0. The molecule has 0 unspecified atom stereocenters. The molecule has 0 aliphatic rings. The molecule has 0 radical (unpaired) electrons. The molecule has 0 aromatic rings. The second kappa shape index (κ2) is 3.55. The minimum atomic E-state index is -1.77. The van der Waals surface area contributed by atoms with Gasteiger partial charge in [0.25, 0.3) is 0 Å². The summed E-state index contributed by atoms with van der Waals surface area (Å²) < 4.78 is 18.6. The van der Waals surface area contributed by atoms with Gasteiger partial charge in [-0.3, -0.25) is 0 Å². The molecule has 0 N–H and O–H groups in total. The molecule has 0 aromatic heterocycles. The molecule has 0 saturated heterocycles. The van der Waals surface area contributed by atoms with E-state index < -0.39 is 23.0 Å². The predicted octanol–water partition coefficient (Wildman–Crippen LogP) is -0.999. The molecule has 0 fully saturated rings. The Labute approximate surface area is 35.5 Å². The van der Waals surface area contributed by atoms with E-state index in [0.717, 1.165) is 0 Å². The molecule has 2 nitrogen and oxygen atoms in total. The van der Waals surface area contributed by atoms with E-state index in [1.54, 1.807) is 0 Å². The number of rotatable bonds is 1. The Bertz CT molecular complexity index is 27.0. The van der Waals surface area contributed by atoms with Crippen LogP contribution in [0, 0.1) is 0 Å². The van der Waals surface area contributed by atoms with Crippen molar-refractivity contribution in [2.24, 2.45) is 0 Å². The second-order valence-electron chi connectivity index (χ2n) is 0.211. The third-order valence-corrected chi connectivity index (χ3v) is 0.378. The molecule has 0 aromatic carbocycles. The fourth-order valence-corrected chi connectivity index (χ4v) is 0. The van der Waals surface area contributed by atoms with Crippen LogP contribution in [0.5, 0.6) is 0 Å². The Morgan fingerprint density at radius 3 is 2.00 bits per heavy atom. The van der Waals surface area contributed by atoms with Gasteiger partial charge in [-0.15, -0.1) is 0 Å². The van der Waals surface area contributed by atoms with Gasteiger partial charge in [0.15, 0.2) is 0 Å². The van der Waals surface area contributed by atoms with Gasteiger partial charge in [0.05, 0.1) is 0 Å². The molecule has 0 bridgehead atoms. The molecule has 0 amide bonds. The zero-order valence-corrected chi connectivity index (χ0v) is 5.32. The van der Waals surface area contributed by atoms with E-state index in [-0.39, 0.29) is 0 Å². The van der Waals surface area contributed by atoms with Crippen LogP contribution in [0.3, 0.4) is 0 Å². The molecule has 0 aliphatic carbocycles. The van der Waals surface area contributed by atoms with Crippen LogP contribution in [0.15, 0.2) is 0 Å². The number of hydrogen-bond acceptors (Lipinski definition) is 2. The van der Waals surface area contributed by atoms with Crippen LogP contribution in [0.25, 0.3) is 0 Å². The summed E-state index contributed by atoms with van der Waals surface area (Å²) in [4.78, 5) is 0. The van der Waals surface area contributed by atoms with Gasteiger partial charge in [-0.05, 0) is 0 Å². The molecule has 0 atom stereocenters. The van der Waals surface area contributed by atoms with E-state index in [4.69, 9.17) is 7.52 Å². The molecule has 0 spiro atoms. The van der Waals surface area contributed by atoms with Crippen molar-refractivity contribution in [1.82, 2.24) is 0 Å². The Kier molecular flexibility index (Phi) is 4.03. The fourth-order valence-electron chi connectivity index (χ4n) is 0. The summed E-state index contributed by atoms with van der Waals surface area (Å²) in [5, 5.41) is 0. The van der Waals surface area contributed by atoms with Crippen LogP contribution < -0.4 is 0 Å². The molecule has 20 valence electrons. The van der Waals surface area contributed by atoms with Gasteiger partial charge in [-0.1, -0.05) is 0 Å². The van der Waals surface area contributed by atoms with Crippen LogP contribution in [0.4, 0.5) is 0 Å². The van der Waals surface area contributed by atoms with Crippen LogP contribution in [0.1, 0.15) is 0 Å². The van der Waals surface area contributed by atoms with Crippen LogP contribution in [0.2, 0.25) is 0 Å². The third kappa shape index (κ3) is 2.55. The standard InChI is InChI=1S/BO.Bi.O/c1-2;;/q+1;-1;. The van der Waals surface area contributed by atoms with Gasteiger partial charge in [0, 0.05) is 0 Å². The Balaban J connectivity index is 2.73. The first kappa shape index (κ1) is 4.55. The van der Waals surface area contributed by atoms with E-state index in [0.29, 0.717) is 4.69 Å². The van der Waals surface area contributed by atoms with Crippen molar-refractivity contribution in [3.63, 3.8) is 0 Å². The molecular weight excluding hydrogens is 252 g/mol. The summed E-state index contributed by atoms with van der Waals surface area (Å²) in [6, 6.07) is 0. The average molecular weight is 252 g/mol. The van der Waals surface area contributed by atoms with E-state index >= 15 is 0 Å². The SMILES string of the molecule is O=[B][Bi]=[O]. The molecule has 4 heavy (non-hydrogen) atoms. The first-order valence-corrected chi connectivity index (χ1v) is 4.10. The van der Waals surface area contributed by atoms with E-state index in [1.165, 1.54) is 0 Å². The minimum absolute atomic E-state index is 0.500. The van der Waals surface area contributed by atoms with Crippen molar-refractivity contribution in [3.05, 3.63) is 0 Å². The second-order valence-corrected chi connectivity index (χ2v) is 1.85. The fraction of sp³-hybridized carbons (Fsp3) is 0. The summed E-state index contributed by atoms with van der Waals surface area (Å²) in [6.45, 7) is 0. The summed E-state index contributed by atoms with van der Waals surface area (Å²) in [6.07, 6.45) is 0. The normalized spacial score (nSPS) is 4.00. The molecule has 0 heterocycles. The van der Waals surface area contributed by atoms with Gasteiger partial charge in [0.2, 0.25) is 0 Å². The third-order valence-electron chi connectivity index (χ3n) is 0.0430. The Morgan fingerprint density at radius 2 is 2.00 bits per heavy atom. The van der Waals surface area contributed by atoms with Crippen molar-refractivity contribution in [3.8, 4) is 0 Å². The zero-order valence-electron chi connectivity index (χ0n) is 1.84. The average Bonchev–Trinajstić information content (AvgIpc) is 1.37. The van der Waals surface area contributed by atoms with E-state index in [2.05, 4.69) is 0 Å². The summed E-state index contributed by atoms with van der Waals surface area (Å²) in [5.41, 5.74) is 0. The topological polar surface area (TPSA) is 34.1 Å². The quantitative estimate of drug-likeness (QED) is 0.561. The van der Waals surface area contributed by atoms with Gasteiger partial charge in [-0.2, -0.15) is 0 Å². The van der Waals surface area contributed by atoms with Crippen molar-refractivity contribution in [1.29, 1.82) is 0 Å². The summed E-state index contributed by atoms with van der Waals surface area (Å²) in [7, 11) is 0. The maximum absolute atomic E-state index is 9.11. The van der Waals surface area contributed by atoms with E-state index in [1.807, 2.05) is 0 Å². The molecule has 0 rings (SSSR count). The molecular formula is BBiO2. The van der Waals surface area contributed by atoms with E-state index in [9.17, 15) is 0 Å². The van der Waals surface area contributed by atoms with Crippen molar-refractivity contribution in [2.45, 2.75) is 0 Å². The van der Waals surface area contributed by atoms with Crippen molar-refractivity contribution >= 4 is 27.7 Å². The zero-order chi connectivity index (χ0) is 3.41. The summed E-state index contributed by atoms with van der Waals surface area (Å²) >= 11 is -1.77. The van der Waals surface area contributed by atoms with Gasteiger partial charge in [0.1, 0.15) is 0 Å². The molecule has 0 aliphatic heterocycles. The molecule has 4 heteroatoms. The first-order valence-electron chi connectivity index (χ1n) is 0.676. The van der Waals surface area contributed by atoms with Crippen molar-refractivity contribution in [2.75, 3.05) is 0 Å². The monoisotopic (exact) mass is 252 g/mol.